The van der Waals surface area contributed by atoms with E-state index in [-0.39, 0.29) is 12.0 Å². The summed E-state index contributed by atoms with van der Waals surface area (Å²) in [6.07, 6.45) is 2.23. The number of aromatic nitrogens is 2. The lowest BCUT2D eigenvalue weighted by Gasteiger charge is -2.09. The fraction of sp³-hybridized carbons (Fsp3) is 0.615. The zero-order valence-corrected chi connectivity index (χ0v) is 11.6. The van der Waals surface area contributed by atoms with Gasteiger partial charge in [0.25, 0.3) is 5.91 Å². The van der Waals surface area contributed by atoms with Crippen LogP contribution in [0.1, 0.15) is 19.3 Å². The van der Waals surface area contributed by atoms with Gasteiger partial charge in [-0.05, 0) is 31.4 Å². The molecule has 1 aliphatic heterocycles. The van der Waals surface area contributed by atoms with Crippen molar-refractivity contribution in [3.05, 3.63) is 12.1 Å². The first kappa shape index (κ1) is 14.7. The van der Waals surface area contributed by atoms with E-state index >= 15 is 0 Å². The van der Waals surface area contributed by atoms with E-state index in [4.69, 9.17) is 9.47 Å². The van der Waals surface area contributed by atoms with Crippen molar-refractivity contribution in [2.24, 2.45) is 0 Å². The average molecular weight is 280 g/mol. The van der Waals surface area contributed by atoms with Gasteiger partial charge in [0.2, 0.25) is 0 Å². The van der Waals surface area contributed by atoms with Crippen molar-refractivity contribution >= 4 is 17.5 Å². The second-order valence-electron chi connectivity index (χ2n) is 4.57. The summed E-state index contributed by atoms with van der Waals surface area (Å²) in [5.41, 5.74) is 0. The zero-order chi connectivity index (χ0) is 14.2. The Bertz CT molecular complexity index is 418. The molecule has 2 rings (SSSR count). The van der Waals surface area contributed by atoms with Crippen LogP contribution in [0.5, 0.6) is 0 Å². The molecule has 7 nitrogen and oxygen atoms in total. The number of ether oxygens (including phenoxy) is 2. The Morgan fingerprint density at radius 3 is 2.90 bits per heavy atom. The molecule has 1 aromatic rings. The molecule has 110 valence electrons. The van der Waals surface area contributed by atoms with Crippen molar-refractivity contribution in [3.63, 3.8) is 0 Å². The van der Waals surface area contributed by atoms with E-state index in [1.54, 1.807) is 19.2 Å². The van der Waals surface area contributed by atoms with E-state index in [1.165, 1.54) is 0 Å². The number of carbonyl (C=O) groups is 1. The molecule has 0 aromatic carbocycles. The predicted octanol–water partition coefficient (Wildman–Crippen LogP) is 1.04. The summed E-state index contributed by atoms with van der Waals surface area (Å²) in [5.74, 6) is 0.960. The average Bonchev–Trinajstić information content (AvgIpc) is 3.00. The minimum absolute atomic E-state index is 0.155. The number of anilines is 2. The van der Waals surface area contributed by atoms with Crippen molar-refractivity contribution in [3.8, 4) is 0 Å². The predicted molar refractivity (Wildman–Crippen MR) is 74.6 cm³/mol. The number of carbonyl (C=O) groups excluding carboxylic acids is 1. The maximum absolute atomic E-state index is 11.8. The minimum Gasteiger partial charge on any atom is -0.385 e. The minimum atomic E-state index is -0.358. The largest absolute Gasteiger partial charge is 0.385 e. The molecule has 1 fully saturated rings. The molecule has 0 radical (unpaired) electrons. The van der Waals surface area contributed by atoms with Crippen LogP contribution >= 0.6 is 0 Å². The molecule has 2 heterocycles. The summed E-state index contributed by atoms with van der Waals surface area (Å²) in [4.78, 5) is 11.8. The third kappa shape index (κ3) is 4.43. The van der Waals surface area contributed by atoms with E-state index in [0.29, 0.717) is 24.8 Å². The molecular formula is C13H20N4O3. The van der Waals surface area contributed by atoms with Crippen LogP contribution in [0.25, 0.3) is 0 Å². The lowest BCUT2D eigenvalue weighted by molar-refractivity contribution is -0.124. The molecule has 20 heavy (non-hydrogen) atoms. The number of rotatable bonds is 7. The molecule has 1 aliphatic rings. The van der Waals surface area contributed by atoms with E-state index in [2.05, 4.69) is 20.8 Å². The van der Waals surface area contributed by atoms with Crippen LogP contribution in [0.15, 0.2) is 12.1 Å². The van der Waals surface area contributed by atoms with Crippen LogP contribution in [0.2, 0.25) is 0 Å². The molecule has 1 unspecified atom stereocenters. The standard InChI is InChI=1S/C13H20N4O3/c1-19-8-3-7-14-11-5-6-12(17-16-11)15-13(18)10-4-2-9-20-10/h5-6,10H,2-4,7-9H2,1H3,(H,14,16)(H,15,17,18). The van der Waals surface area contributed by atoms with Gasteiger partial charge in [-0.1, -0.05) is 0 Å². The van der Waals surface area contributed by atoms with Gasteiger partial charge in [0.05, 0.1) is 0 Å². The number of methoxy groups -OCH3 is 1. The Morgan fingerprint density at radius 1 is 1.45 bits per heavy atom. The molecule has 2 N–H and O–H groups in total. The summed E-state index contributed by atoms with van der Waals surface area (Å²) in [6, 6.07) is 3.50. The van der Waals surface area contributed by atoms with Gasteiger partial charge < -0.3 is 20.1 Å². The van der Waals surface area contributed by atoms with E-state index in [1.807, 2.05) is 0 Å². The first-order valence-electron chi connectivity index (χ1n) is 6.78. The summed E-state index contributed by atoms with van der Waals surface area (Å²) in [6.45, 7) is 2.12. The molecule has 1 saturated heterocycles. The molecule has 0 saturated carbocycles. The van der Waals surface area contributed by atoms with Gasteiger partial charge in [0.15, 0.2) is 5.82 Å². The van der Waals surface area contributed by atoms with Crippen molar-refractivity contribution in [1.29, 1.82) is 0 Å². The Balaban J connectivity index is 1.77. The maximum Gasteiger partial charge on any atom is 0.254 e. The fourth-order valence-corrected chi connectivity index (χ4v) is 1.92. The summed E-state index contributed by atoms with van der Waals surface area (Å²) in [5, 5.41) is 13.8. The van der Waals surface area contributed by atoms with Gasteiger partial charge in [0, 0.05) is 26.9 Å². The summed E-state index contributed by atoms with van der Waals surface area (Å²) >= 11 is 0. The van der Waals surface area contributed by atoms with Crippen LogP contribution in [0, 0.1) is 0 Å². The normalized spacial score (nSPS) is 17.9. The highest BCUT2D eigenvalue weighted by atomic mass is 16.5. The van der Waals surface area contributed by atoms with E-state index in [9.17, 15) is 4.79 Å². The van der Waals surface area contributed by atoms with Crippen LogP contribution in [-0.2, 0) is 14.3 Å². The van der Waals surface area contributed by atoms with Crippen LogP contribution in [0.3, 0.4) is 0 Å². The van der Waals surface area contributed by atoms with E-state index < -0.39 is 0 Å². The Hall–Kier alpha value is -1.73. The van der Waals surface area contributed by atoms with Crippen molar-refractivity contribution in [2.75, 3.05) is 37.5 Å². The maximum atomic E-state index is 11.8. The summed E-state index contributed by atoms with van der Waals surface area (Å²) < 4.78 is 10.3. The highest BCUT2D eigenvalue weighted by Gasteiger charge is 2.23. The van der Waals surface area contributed by atoms with Crippen LogP contribution in [-0.4, -0.2) is 49.1 Å². The highest BCUT2D eigenvalue weighted by molar-refractivity contribution is 5.93. The van der Waals surface area contributed by atoms with Crippen molar-refractivity contribution in [1.82, 2.24) is 10.2 Å². The Labute approximate surface area is 118 Å². The monoisotopic (exact) mass is 280 g/mol. The van der Waals surface area contributed by atoms with E-state index in [0.717, 1.165) is 25.8 Å². The fourth-order valence-electron chi connectivity index (χ4n) is 1.92. The Morgan fingerprint density at radius 2 is 2.25 bits per heavy atom. The number of amides is 1. The lowest BCUT2D eigenvalue weighted by atomic mass is 10.2. The quantitative estimate of drug-likeness (QED) is 0.726. The molecule has 1 amide bonds. The second-order valence-corrected chi connectivity index (χ2v) is 4.57. The number of hydrogen-bond acceptors (Lipinski definition) is 6. The first-order valence-corrected chi connectivity index (χ1v) is 6.78. The van der Waals surface area contributed by atoms with Gasteiger partial charge in [-0.15, -0.1) is 10.2 Å². The van der Waals surface area contributed by atoms with Gasteiger partial charge >= 0.3 is 0 Å². The van der Waals surface area contributed by atoms with Crippen LogP contribution in [0.4, 0.5) is 11.6 Å². The highest BCUT2D eigenvalue weighted by Crippen LogP contribution is 2.14. The molecule has 7 heteroatoms. The number of nitrogens with one attached hydrogen (secondary N) is 2. The lowest BCUT2D eigenvalue weighted by Crippen LogP contribution is -2.27. The van der Waals surface area contributed by atoms with Crippen LogP contribution < -0.4 is 10.6 Å². The number of hydrogen-bond donors (Lipinski definition) is 2. The molecule has 0 spiro atoms. The molecule has 0 bridgehead atoms. The SMILES string of the molecule is COCCCNc1ccc(NC(=O)C2CCCO2)nn1. The van der Waals surface area contributed by atoms with Gasteiger partial charge in [0.1, 0.15) is 11.9 Å². The summed E-state index contributed by atoms with van der Waals surface area (Å²) in [7, 11) is 1.67. The Kier molecular flexibility index (Phi) is 5.69. The first-order chi connectivity index (χ1) is 9.79. The smallest absolute Gasteiger partial charge is 0.254 e. The van der Waals surface area contributed by atoms with Gasteiger partial charge in [-0.3, -0.25) is 4.79 Å². The molecular weight excluding hydrogens is 260 g/mol. The number of nitrogens with zero attached hydrogens (tertiary/aromatic N) is 2. The van der Waals surface area contributed by atoms with Gasteiger partial charge in [-0.2, -0.15) is 0 Å². The zero-order valence-electron chi connectivity index (χ0n) is 11.6. The third-order valence-corrected chi connectivity index (χ3v) is 2.97. The molecule has 0 aliphatic carbocycles. The van der Waals surface area contributed by atoms with Crippen molar-refractivity contribution < 1.29 is 14.3 Å². The van der Waals surface area contributed by atoms with Crippen molar-refractivity contribution in [2.45, 2.75) is 25.4 Å². The second kappa shape index (κ2) is 7.76. The van der Waals surface area contributed by atoms with Gasteiger partial charge in [-0.25, -0.2) is 0 Å². The molecule has 1 aromatic heterocycles. The third-order valence-electron chi connectivity index (χ3n) is 2.97. The molecule has 1 atom stereocenters. The topological polar surface area (TPSA) is 85.4 Å².